The number of hydrogen-bond donors (Lipinski definition) is 0. The molecule has 4 rings (SSSR count). The highest BCUT2D eigenvalue weighted by atomic mass is 32.2. The Morgan fingerprint density at radius 1 is 1.15 bits per heavy atom. The van der Waals surface area contributed by atoms with Crippen LogP contribution < -0.4 is 4.90 Å². The van der Waals surface area contributed by atoms with Crippen molar-refractivity contribution in [2.75, 3.05) is 24.5 Å². The summed E-state index contributed by atoms with van der Waals surface area (Å²) >= 11 is 0. The number of para-hydroxylation sites is 1. The largest absolute Gasteiger partial charge is 0.367 e. The predicted octanol–water partition coefficient (Wildman–Crippen LogP) is 2.52. The van der Waals surface area contributed by atoms with E-state index < -0.39 is 15.8 Å². The van der Waals surface area contributed by atoms with E-state index in [2.05, 4.69) is 17.0 Å². The molecule has 1 atom stereocenters. The van der Waals surface area contributed by atoms with Gasteiger partial charge in [-0.25, -0.2) is 12.8 Å². The molecular weight excluding hydrogens is 353 g/mol. The van der Waals surface area contributed by atoms with Gasteiger partial charge in [0.1, 0.15) is 11.9 Å². The van der Waals surface area contributed by atoms with Crippen molar-refractivity contribution in [3.8, 4) is 6.07 Å². The van der Waals surface area contributed by atoms with Gasteiger partial charge < -0.3 is 4.90 Å². The maximum absolute atomic E-state index is 13.9. The molecule has 134 valence electrons. The van der Waals surface area contributed by atoms with E-state index in [4.69, 9.17) is 5.26 Å². The van der Waals surface area contributed by atoms with Gasteiger partial charge in [0, 0.05) is 31.4 Å². The number of nitriles is 1. The highest BCUT2D eigenvalue weighted by Gasteiger charge is 2.36. The molecule has 0 amide bonds. The third-order valence-corrected chi connectivity index (χ3v) is 6.98. The van der Waals surface area contributed by atoms with Gasteiger partial charge in [0.2, 0.25) is 10.0 Å². The van der Waals surface area contributed by atoms with Crippen LogP contribution in [0.4, 0.5) is 10.1 Å². The second-order valence-corrected chi connectivity index (χ2v) is 8.59. The van der Waals surface area contributed by atoms with Gasteiger partial charge >= 0.3 is 0 Å². The zero-order valence-electron chi connectivity index (χ0n) is 14.1. The van der Waals surface area contributed by atoms with Crippen LogP contribution in [0.25, 0.3) is 0 Å². The number of halogens is 1. The molecule has 2 aliphatic rings. The standard InChI is InChI=1S/C19H18FN3O2S/c20-18-11-17(7-6-15(18)12-21)26(24,25)22-8-3-9-23-16(13-22)10-14-4-1-2-5-19(14)23/h1-2,4-7,11,16H,3,8-10,13H2. The second kappa shape index (κ2) is 6.38. The minimum absolute atomic E-state index is 0.0907. The van der Waals surface area contributed by atoms with Gasteiger partial charge in [0.15, 0.2) is 0 Å². The number of sulfonamides is 1. The van der Waals surface area contributed by atoms with E-state index in [-0.39, 0.29) is 16.5 Å². The van der Waals surface area contributed by atoms with Crippen LogP contribution in [0.15, 0.2) is 47.4 Å². The first kappa shape index (κ1) is 17.0. The Labute approximate surface area is 152 Å². The third kappa shape index (κ3) is 2.75. The fraction of sp³-hybridized carbons (Fsp3) is 0.316. The van der Waals surface area contributed by atoms with Crippen molar-refractivity contribution in [3.63, 3.8) is 0 Å². The summed E-state index contributed by atoms with van der Waals surface area (Å²) in [6.07, 6.45) is 1.52. The van der Waals surface area contributed by atoms with Crippen LogP contribution in [-0.4, -0.2) is 38.4 Å². The van der Waals surface area contributed by atoms with Crippen LogP contribution in [-0.2, 0) is 16.4 Å². The lowest BCUT2D eigenvalue weighted by atomic mass is 10.1. The van der Waals surface area contributed by atoms with Gasteiger partial charge in [0.05, 0.1) is 10.5 Å². The fourth-order valence-electron chi connectivity index (χ4n) is 3.85. The molecule has 2 aliphatic heterocycles. The quantitative estimate of drug-likeness (QED) is 0.814. The van der Waals surface area contributed by atoms with Crippen molar-refractivity contribution in [2.45, 2.75) is 23.8 Å². The molecule has 26 heavy (non-hydrogen) atoms. The number of fused-ring (bicyclic) bond motifs is 3. The number of benzene rings is 2. The monoisotopic (exact) mass is 371 g/mol. The molecule has 1 unspecified atom stereocenters. The Bertz CT molecular complexity index is 1000. The van der Waals surface area contributed by atoms with Gasteiger partial charge in [-0.15, -0.1) is 0 Å². The van der Waals surface area contributed by atoms with Crippen molar-refractivity contribution in [1.82, 2.24) is 4.31 Å². The van der Waals surface area contributed by atoms with Crippen molar-refractivity contribution < 1.29 is 12.8 Å². The first-order valence-corrected chi connectivity index (χ1v) is 9.99. The highest BCUT2D eigenvalue weighted by molar-refractivity contribution is 7.89. The molecule has 0 N–H and O–H groups in total. The van der Waals surface area contributed by atoms with E-state index in [0.717, 1.165) is 19.0 Å². The molecular formula is C19H18FN3O2S. The average Bonchev–Trinajstić information content (AvgIpc) is 2.83. The number of anilines is 1. The van der Waals surface area contributed by atoms with Crippen LogP contribution in [0.5, 0.6) is 0 Å². The minimum atomic E-state index is -3.80. The molecule has 2 aromatic rings. The lowest BCUT2D eigenvalue weighted by Gasteiger charge is -2.27. The molecule has 0 bridgehead atoms. The smallest absolute Gasteiger partial charge is 0.243 e. The topological polar surface area (TPSA) is 64.4 Å². The number of rotatable bonds is 2. The summed E-state index contributed by atoms with van der Waals surface area (Å²) < 4.78 is 41.4. The molecule has 0 aliphatic carbocycles. The minimum Gasteiger partial charge on any atom is -0.367 e. The van der Waals surface area contributed by atoms with Gasteiger partial charge in [-0.2, -0.15) is 9.57 Å². The van der Waals surface area contributed by atoms with Gasteiger partial charge in [-0.3, -0.25) is 0 Å². The summed E-state index contributed by atoms with van der Waals surface area (Å²) in [6, 6.07) is 13.4. The molecule has 7 heteroatoms. The van der Waals surface area contributed by atoms with Crippen molar-refractivity contribution in [2.24, 2.45) is 0 Å². The fourth-order valence-corrected chi connectivity index (χ4v) is 5.38. The number of hydrogen-bond acceptors (Lipinski definition) is 4. The summed E-state index contributed by atoms with van der Waals surface area (Å²) in [5, 5.41) is 8.83. The van der Waals surface area contributed by atoms with E-state index in [0.29, 0.717) is 19.5 Å². The van der Waals surface area contributed by atoms with Crippen molar-refractivity contribution in [3.05, 3.63) is 59.4 Å². The Morgan fingerprint density at radius 2 is 1.96 bits per heavy atom. The molecule has 0 saturated carbocycles. The van der Waals surface area contributed by atoms with Gasteiger partial charge in [-0.1, -0.05) is 18.2 Å². The van der Waals surface area contributed by atoms with E-state index >= 15 is 0 Å². The van der Waals surface area contributed by atoms with E-state index in [9.17, 15) is 12.8 Å². The normalized spacial score (nSPS) is 20.2. The lowest BCUT2D eigenvalue weighted by molar-refractivity contribution is 0.405. The highest BCUT2D eigenvalue weighted by Crippen LogP contribution is 2.34. The van der Waals surface area contributed by atoms with Gasteiger partial charge in [-0.05, 0) is 42.7 Å². The molecule has 1 fully saturated rings. The molecule has 0 radical (unpaired) electrons. The lowest BCUT2D eigenvalue weighted by Crippen LogP contribution is -2.41. The Balaban J connectivity index is 1.63. The number of nitrogens with zero attached hydrogens (tertiary/aromatic N) is 3. The van der Waals surface area contributed by atoms with Crippen molar-refractivity contribution in [1.29, 1.82) is 5.26 Å². The van der Waals surface area contributed by atoms with E-state index in [1.54, 1.807) is 6.07 Å². The van der Waals surface area contributed by atoms with Crippen LogP contribution in [0.2, 0.25) is 0 Å². The van der Waals surface area contributed by atoms with E-state index in [1.807, 2.05) is 12.1 Å². The van der Waals surface area contributed by atoms with Crippen LogP contribution in [0, 0.1) is 17.1 Å². The summed E-state index contributed by atoms with van der Waals surface area (Å²) in [6.45, 7) is 1.58. The summed E-state index contributed by atoms with van der Waals surface area (Å²) in [4.78, 5) is 2.18. The summed E-state index contributed by atoms with van der Waals surface area (Å²) in [7, 11) is -3.80. The van der Waals surface area contributed by atoms with Crippen LogP contribution >= 0.6 is 0 Å². The SMILES string of the molecule is N#Cc1ccc(S(=O)(=O)N2CCCN3c4ccccc4CC3C2)cc1F. The molecule has 2 aromatic carbocycles. The summed E-state index contributed by atoms with van der Waals surface area (Å²) in [5.74, 6) is -0.807. The zero-order chi connectivity index (χ0) is 18.3. The van der Waals surface area contributed by atoms with E-state index in [1.165, 1.54) is 27.7 Å². The molecule has 1 saturated heterocycles. The molecule has 0 aromatic heterocycles. The Morgan fingerprint density at radius 3 is 2.73 bits per heavy atom. The predicted molar refractivity (Wildman–Crippen MR) is 95.8 cm³/mol. The van der Waals surface area contributed by atoms with Gasteiger partial charge in [0.25, 0.3) is 0 Å². The van der Waals surface area contributed by atoms with Crippen molar-refractivity contribution >= 4 is 15.7 Å². The van der Waals surface area contributed by atoms with Crippen LogP contribution in [0.3, 0.4) is 0 Å². The first-order chi connectivity index (χ1) is 12.5. The third-order valence-electron chi connectivity index (χ3n) is 5.12. The Kier molecular flexibility index (Phi) is 4.17. The second-order valence-electron chi connectivity index (χ2n) is 6.65. The maximum atomic E-state index is 13.9. The first-order valence-electron chi connectivity index (χ1n) is 8.55. The van der Waals surface area contributed by atoms with Crippen LogP contribution in [0.1, 0.15) is 17.5 Å². The Hall–Kier alpha value is -2.43. The molecule has 0 spiro atoms. The molecule has 5 nitrogen and oxygen atoms in total. The average molecular weight is 371 g/mol. The molecule has 2 heterocycles. The maximum Gasteiger partial charge on any atom is 0.243 e. The zero-order valence-corrected chi connectivity index (χ0v) is 14.9. The summed E-state index contributed by atoms with van der Waals surface area (Å²) in [5.41, 5.74) is 2.26.